The van der Waals surface area contributed by atoms with Crippen LogP contribution in [0, 0.1) is 5.82 Å². The van der Waals surface area contributed by atoms with E-state index in [0.717, 1.165) is 5.06 Å². The van der Waals surface area contributed by atoms with E-state index in [4.69, 9.17) is 4.84 Å². The van der Waals surface area contributed by atoms with Crippen LogP contribution in [0.5, 0.6) is 0 Å². The first-order valence-electron chi connectivity index (χ1n) is 10.1. The number of rotatable bonds is 2. The lowest BCUT2D eigenvalue weighted by Gasteiger charge is -2.33. The number of anilines is 1. The molecule has 4 rings (SSSR count). The average molecular weight is 471 g/mol. The number of aliphatic hydroxyl groups is 1. The van der Waals surface area contributed by atoms with Crippen molar-refractivity contribution in [2.24, 2.45) is 0 Å². The highest BCUT2D eigenvalue weighted by atomic mass is 19.4. The van der Waals surface area contributed by atoms with Crippen molar-refractivity contribution in [1.29, 1.82) is 0 Å². The highest BCUT2D eigenvalue weighted by Gasteiger charge is 2.38. The van der Waals surface area contributed by atoms with E-state index in [9.17, 15) is 32.3 Å². The van der Waals surface area contributed by atoms with E-state index in [1.165, 1.54) is 16.6 Å². The second kappa shape index (κ2) is 8.30. The summed E-state index contributed by atoms with van der Waals surface area (Å²) in [5, 5.41) is 17.1. The molecule has 2 N–H and O–H groups in total. The normalized spacial score (nSPS) is 20.9. The predicted octanol–water partition coefficient (Wildman–Crippen LogP) is 2.40. The van der Waals surface area contributed by atoms with Crippen LogP contribution in [0.1, 0.15) is 34.2 Å². The zero-order valence-electron chi connectivity index (χ0n) is 17.7. The molecule has 1 aromatic heterocycles. The maximum Gasteiger partial charge on any atom is 0.416 e. The molecule has 178 valence electrons. The summed E-state index contributed by atoms with van der Waals surface area (Å²) in [7, 11) is 1.40. The Morgan fingerprint density at radius 2 is 2.09 bits per heavy atom. The summed E-state index contributed by atoms with van der Waals surface area (Å²) >= 11 is 0. The number of hydroxylamine groups is 2. The van der Waals surface area contributed by atoms with E-state index in [0.29, 0.717) is 29.5 Å². The number of halogens is 4. The molecule has 0 bridgehead atoms. The Hall–Kier alpha value is -3.19. The van der Waals surface area contributed by atoms with E-state index < -0.39 is 47.3 Å². The number of urea groups is 1. The molecule has 2 atom stereocenters. The van der Waals surface area contributed by atoms with Gasteiger partial charge in [-0.2, -0.15) is 18.3 Å². The number of aromatic nitrogens is 2. The van der Waals surface area contributed by atoms with Gasteiger partial charge in [0.05, 0.1) is 36.6 Å². The number of hydrogen-bond donors (Lipinski definition) is 2. The van der Waals surface area contributed by atoms with Gasteiger partial charge in [-0.15, -0.1) is 0 Å². The van der Waals surface area contributed by atoms with E-state index in [1.54, 1.807) is 6.92 Å². The molecular weight excluding hydrogens is 450 g/mol. The maximum atomic E-state index is 14.1. The van der Waals surface area contributed by atoms with Crippen LogP contribution < -0.4 is 5.32 Å². The van der Waals surface area contributed by atoms with Crippen LogP contribution in [0.4, 0.5) is 28.0 Å². The van der Waals surface area contributed by atoms with Crippen molar-refractivity contribution < 1.29 is 37.1 Å². The Balaban J connectivity index is 1.62. The summed E-state index contributed by atoms with van der Waals surface area (Å²) in [5.41, 5.74) is -0.448. The quantitative estimate of drug-likeness (QED) is 0.656. The van der Waals surface area contributed by atoms with Crippen molar-refractivity contribution in [3.63, 3.8) is 0 Å². The number of nitrogens with zero attached hydrogens (tertiary/aromatic N) is 4. The number of benzene rings is 1. The minimum atomic E-state index is -4.70. The summed E-state index contributed by atoms with van der Waals surface area (Å²) in [6.07, 6.45) is -5.12. The standard InChI is InChI=1S/C20H21F4N5O4/c1-10-5-15-13(17-18(31)27(2)33-12(9-30)7-29(17)26-15)8-28(10)19(32)25-16-6-11(20(22,23)24)3-4-14(16)21/h3-4,6,10,12,30H,5,7-9H2,1-2H3,(H,25,32). The number of fused-ring (bicyclic) bond motifs is 3. The average Bonchev–Trinajstić information content (AvgIpc) is 3.03. The summed E-state index contributed by atoms with van der Waals surface area (Å²) in [5.74, 6) is -1.52. The summed E-state index contributed by atoms with van der Waals surface area (Å²) < 4.78 is 54.5. The molecule has 2 aromatic rings. The van der Waals surface area contributed by atoms with Gasteiger partial charge in [0, 0.05) is 25.1 Å². The largest absolute Gasteiger partial charge is 0.416 e. The molecule has 3 heterocycles. The Bertz CT molecular complexity index is 1100. The second-order valence-corrected chi connectivity index (χ2v) is 7.97. The smallest absolute Gasteiger partial charge is 0.393 e. The molecule has 13 heteroatoms. The molecule has 0 radical (unpaired) electrons. The molecule has 0 saturated heterocycles. The van der Waals surface area contributed by atoms with Gasteiger partial charge in [-0.05, 0) is 25.1 Å². The number of alkyl halides is 3. The predicted molar refractivity (Wildman–Crippen MR) is 105 cm³/mol. The van der Waals surface area contributed by atoms with Gasteiger partial charge in [0.15, 0.2) is 0 Å². The van der Waals surface area contributed by atoms with Gasteiger partial charge in [-0.1, -0.05) is 0 Å². The van der Waals surface area contributed by atoms with Crippen molar-refractivity contribution in [2.45, 2.75) is 44.8 Å². The molecule has 0 saturated carbocycles. The highest BCUT2D eigenvalue weighted by Crippen LogP contribution is 2.33. The lowest BCUT2D eigenvalue weighted by atomic mass is 9.99. The fraction of sp³-hybridized carbons (Fsp3) is 0.450. The van der Waals surface area contributed by atoms with Gasteiger partial charge >= 0.3 is 12.2 Å². The maximum absolute atomic E-state index is 14.1. The number of carbonyl (C=O) groups excluding carboxylic acids is 2. The van der Waals surface area contributed by atoms with Gasteiger partial charge in [0.25, 0.3) is 5.91 Å². The summed E-state index contributed by atoms with van der Waals surface area (Å²) in [6, 6.07) is 0.518. The molecule has 0 spiro atoms. The van der Waals surface area contributed by atoms with Crippen molar-refractivity contribution >= 4 is 17.6 Å². The fourth-order valence-corrected chi connectivity index (χ4v) is 3.96. The molecular formula is C20H21F4N5O4. The molecule has 1 aromatic carbocycles. The molecule has 2 aliphatic heterocycles. The van der Waals surface area contributed by atoms with Crippen LogP contribution in [0.25, 0.3) is 0 Å². The first-order valence-corrected chi connectivity index (χ1v) is 10.1. The number of hydrogen-bond acceptors (Lipinski definition) is 5. The topological polar surface area (TPSA) is 99.9 Å². The number of amides is 3. The molecule has 2 aliphatic rings. The Kier molecular flexibility index (Phi) is 5.78. The Morgan fingerprint density at radius 1 is 1.36 bits per heavy atom. The van der Waals surface area contributed by atoms with Crippen molar-refractivity contribution in [2.75, 3.05) is 19.0 Å². The van der Waals surface area contributed by atoms with E-state index in [-0.39, 0.29) is 31.8 Å². The Labute approximate surface area is 185 Å². The van der Waals surface area contributed by atoms with Gasteiger partial charge < -0.3 is 15.3 Å². The van der Waals surface area contributed by atoms with Crippen molar-refractivity contribution in [3.05, 3.63) is 46.5 Å². The zero-order chi connectivity index (χ0) is 24.1. The third-order valence-corrected chi connectivity index (χ3v) is 5.66. The van der Waals surface area contributed by atoms with E-state index in [1.807, 2.05) is 0 Å². The lowest BCUT2D eigenvalue weighted by molar-refractivity contribution is -0.159. The first-order chi connectivity index (χ1) is 15.5. The van der Waals surface area contributed by atoms with Crippen molar-refractivity contribution in [3.8, 4) is 0 Å². The summed E-state index contributed by atoms with van der Waals surface area (Å²) in [6.45, 7) is 1.42. The monoisotopic (exact) mass is 471 g/mol. The zero-order valence-corrected chi connectivity index (χ0v) is 17.7. The Morgan fingerprint density at radius 3 is 2.76 bits per heavy atom. The third-order valence-electron chi connectivity index (χ3n) is 5.66. The highest BCUT2D eigenvalue weighted by molar-refractivity contribution is 5.94. The van der Waals surface area contributed by atoms with Crippen LogP contribution in [-0.4, -0.2) is 62.6 Å². The van der Waals surface area contributed by atoms with Crippen LogP contribution in [-0.2, 0) is 30.5 Å². The van der Waals surface area contributed by atoms with Crippen LogP contribution in [0.3, 0.4) is 0 Å². The lowest BCUT2D eigenvalue weighted by Crippen LogP contribution is -2.45. The number of carbonyl (C=O) groups is 2. The van der Waals surface area contributed by atoms with Crippen LogP contribution in [0.2, 0.25) is 0 Å². The summed E-state index contributed by atoms with van der Waals surface area (Å²) in [4.78, 5) is 32.4. The molecule has 33 heavy (non-hydrogen) atoms. The van der Waals surface area contributed by atoms with Crippen LogP contribution >= 0.6 is 0 Å². The van der Waals surface area contributed by atoms with E-state index in [2.05, 4.69) is 10.4 Å². The minimum Gasteiger partial charge on any atom is -0.393 e. The van der Waals surface area contributed by atoms with Gasteiger partial charge in [0.1, 0.15) is 17.6 Å². The first kappa shape index (κ1) is 23.0. The van der Waals surface area contributed by atoms with Crippen LogP contribution in [0.15, 0.2) is 18.2 Å². The number of nitrogens with one attached hydrogen (secondary N) is 1. The van der Waals surface area contributed by atoms with Gasteiger partial charge in [-0.3, -0.25) is 14.3 Å². The minimum absolute atomic E-state index is 0.0678. The van der Waals surface area contributed by atoms with Crippen molar-refractivity contribution in [1.82, 2.24) is 19.7 Å². The third kappa shape index (κ3) is 4.25. The second-order valence-electron chi connectivity index (χ2n) is 7.97. The van der Waals surface area contributed by atoms with Gasteiger partial charge in [0.2, 0.25) is 0 Å². The SMILES string of the molecule is CC1Cc2nn3c(c2CN1C(=O)Nc1cc(C(F)(F)F)ccc1F)C(=O)N(C)OC(CO)C3. The molecule has 0 fully saturated rings. The van der Waals surface area contributed by atoms with E-state index >= 15 is 0 Å². The number of aliphatic hydroxyl groups excluding tert-OH is 1. The molecule has 9 nitrogen and oxygen atoms in total. The molecule has 2 unspecified atom stereocenters. The molecule has 3 amide bonds. The molecule has 0 aliphatic carbocycles. The fourth-order valence-electron chi connectivity index (χ4n) is 3.96. The van der Waals surface area contributed by atoms with Gasteiger partial charge in [-0.25, -0.2) is 14.2 Å².